The molecule has 4 bridgehead atoms. The van der Waals surface area contributed by atoms with Crippen molar-refractivity contribution in [3.05, 3.63) is 35.5 Å². The lowest BCUT2D eigenvalue weighted by Gasteiger charge is -2.56. The van der Waals surface area contributed by atoms with E-state index in [1.54, 1.807) is 0 Å². The summed E-state index contributed by atoms with van der Waals surface area (Å²) in [5.41, 5.74) is -6.98. The number of aliphatic hydroxyl groups is 1. The van der Waals surface area contributed by atoms with E-state index in [2.05, 4.69) is 15.6 Å². The molecule has 0 spiro atoms. The van der Waals surface area contributed by atoms with Crippen molar-refractivity contribution in [1.82, 2.24) is 10.3 Å². The molecule has 4 aliphatic rings. The number of thiazole rings is 1. The summed E-state index contributed by atoms with van der Waals surface area (Å²) in [5.74, 6) is 1.78. The Bertz CT molecular complexity index is 1560. The van der Waals surface area contributed by atoms with Crippen molar-refractivity contribution in [1.29, 1.82) is 0 Å². The van der Waals surface area contributed by atoms with Crippen LogP contribution in [-0.2, 0) is 30.0 Å². The first-order valence-electron chi connectivity index (χ1n) is 15.4. The molecule has 2 amide bonds. The second-order valence-electron chi connectivity index (χ2n) is 13.1. The summed E-state index contributed by atoms with van der Waals surface area (Å²) < 4.78 is 112. The fourth-order valence-electron chi connectivity index (χ4n) is 7.78. The maximum atomic E-state index is 13.1. The van der Waals surface area contributed by atoms with Gasteiger partial charge in [-0.15, -0.1) is 0 Å². The van der Waals surface area contributed by atoms with Crippen LogP contribution in [0.5, 0.6) is 0 Å². The molecule has 4 aliphatic carbocycles. The number of aryl methyl sites for hydroxylation is 1. The molecule has 6 rings (SSSR count). The number of aromatic nitrogens is 1. The number of anilines is 2. The van der Waals surface area contributed by atoms with Gasteiger partial charge >= 0.3 is 12.4 Å². The fraction of sp³-hybridized carbons (Fsp3) is 0.633. The van der Waals surface area contributed by atoms with E-state index in [-0.39, 0.29) is 51.7 Å². The standard InChI is InChI=1S/C30H36F6N4O6S2/c1-17-25(48(44,45)40-22-4-2-21(3-5-22)28(43,29(31,32)33)30(34,35)36)47-26(38-17)39-23(41)6-8-46-9-7-37-24(42)16-27-13-18-10-19(14-27)12-20(11-18)15-27/h2-5,18-20,40,43H,6-16H2,1H3,(H,37,42)(H,38,39,41). The van der Waals surface area contributed by atoms with Crippen molar-refractivity contribution in [2.24, 2.45) is 23.2 Å². The molecular formula is C30H36F6N4O6S2. The number of ether oxygens (including phenoxy) is 1. The average molecular weight is 727 g/mol. The highest BCUT2D eigenvalue weighted by molar-refractivity contribution is 7.94. The van der Waals surface area contributed by atoms with Crippen molar-refractivity contribution >= 4 is 44.0 Å². The van der Waals surface area contributed by atoms with Crippen molar-refractivity contribution in [2.45, 2.75) is 80.5 Å². The van der Waals surface area contributed by atoms with Crippen molar-refractivity contribution in [3.63, 3.8) is 0 Å². The van der Waals surface area contributed by atoms with Gasteiger partial charge < -0.3 is 20.5 Å². The number of benzene rings is 1. The second kappa shape index (κ2) is 13.4. The smallest absolute Gasteiger partial charge is 0.379 e. The summed E-state index contributed by atoms with van der Waals surface area (Å²) in [6.45, 7) is 1.87. The fourth-order valence-corrected chi connectivity index (χ4v) is 10.3. The number of carbonyl (C=O) groups excluding carboxylic acids is 2. The number of hydrogen-bond acceptors (Lipinski definition) is 8. The van der Waals surface area contributed by atoms with Crippen LogP contribution in [0.3, 0.4) is 0 Å². The Balaban J connectivity index is 1.05. The number of carbonyl (C=O) groups is 2. The molecule has 4 N–H and O–H groups in total. The number of nitrogens with one attached hydrogen (secondary N) is 3. The predicted octanol–water partition coefficient (Wildman–Crippen LogP) is 5.63. The molecule has 2 aromatic rings. The van der Waals surface area contributed by atoms with E-state index in [1.165, 1.54) is 26.2 Å². The van der Waals surface area contributed by atoms with Crippen LogP contribution < -0.4 is 15.4 Å². The molecule has 1 heterocycles. The molecule has 0 atom stereocenters. The van der Waals surface area contributed by atoms with Gasteiger partial charge in [-0.1, -0.05) is 23.5 Å². The largest absolute Gasteiger partial charge is 0.430 e. The summed E-state index contributed by atoms with van der Waals surface area (Å²) in [4.78, 5) is 29.0. The maximum absolute atomic E-state index is 13.1. The normalized spacial score (nSPS) is 24.0. The number of alkyl halides is 6. The van der Waals surface area contributed by atoms with E-state index in [4.69, 9.17) is 4.74 Å². The average Bonchev–Trinajstić information content (AvgIpc) is 3.33. The summed E-state index contributed by atoms with van der Waals surface area (Å²) in [5, 5.41) is 14.8. The van der Waals surface area contributed by atoms with Gasteiger partial charge in [-0.05, 0) is 80.8 Å². The van der Waals surface area contributed by atoms with Gasteiger partial charge in [0.15, 0.2) is 9.34 Å². The SMILES string of the molecule is Cc1nc(NC(=O)CCOCCNC(=O)CC23CC4CC(CC(C4)C2)C3)sc1S(=O)(=O)Nc1ccc(C(O)(C(F)(F)F)C(F)(F)F)cc1. The molecule has 48 heavy (non-hydrogen) atoms. The molecule has 18 heteroatoms. The minimum atomic E-state index is -6.09. The lowest BCUT2D eigenvalue weighted by molar-refractivity contribution is -0.376. The first-order valence-corrected chi connectivity index (χ1v) is 17.7. The van der Waals surface area contributed by atoms with Crippen LogP contribution in [-0.4, -0.2) is 62.4 Å². The molecule has 0 unspecified atom stereocenters. The lowest BCUT2D eigenvalue weighted by atomic mass is 9.49. The van der Waals surface area contributed by atoms with E-state index in [9.17, 15) is 49.5 Å². The molecular weight excluding hydrogens is 690 g/mol. The molecule has 4 fully saturated rings. The minimum Gasteiger partial charge on any atom is -0.379 e. The van der Waals surface area contributed by atoms with Crippen molar-refractivity contribution in [2.75, 3.05) is 29.8 Å². The van der Waals surface area contributed by atoms with E-state index in [0.29, 0.717) is 48.6 Å². The van der Waals surface area contributed by atoms with Crippen LogP contribution in [0.25, 0.3) is 0 Å². The third kappa shape index (κ3) is 7.75. The molecule has 266 valence electrons. The van der Waals surface area contributed by atoms with Gasteiger partial charge in [0.05, 0.1) is 25.3 Å². The Hall–Kier alpha value is -2.96. The Morgan fingerprint density at radius 2 is 1.52 bits per heavy atom. The first-order chi connectivity index (χ1) is 22.3. The molecule has 0 radical (unpaired) electrons. The van der Waals surface area contributed by atoms with Crippen molar-refractivity contribution in [3.8, 4) is 0 Å². The Morgan fingerprint density at radius 3 is 2.06 bits per heavy atom. The van der Waals surface area contributed by atoms with E-state index < -0.39 is 39.4 Å². The van der Waals surface area contributed by atoms with Gasteiger partial charge in [0.25, 0.3) is 15.6 Å². The van der Waals surface area contributed by atoms with Crippen molar-refractivity contribution < 1.29 is 54.2 Å². The quantitative estimate of drug-likeness (QED) is 0.155. The monoisotopic (exact) mass is 726 g/mol. The third-order valence-corrected chi connectivity index (χ3v) is 12.4. The number of amides is 2. The van der Waals surface area contributed by atoms with Gasteiger partial charge in [0, 0.05) is 24.2 Å². The predicted molar refractivity (Wildman–Crippen MR) is 162 cm³/mol. The Kier molecular flexibility index (Phi) is 10.1. The first kappa shape index (κ1) is 36.3. The zero-order valence-electron chi connectivity index (χ0n) is 25.8. The summed E-state index contributed by atoms with van der Waals surface area (Å²) >= 11 is 0.582. The number of rotatable bonds is 13. The zero-order chi connectivity index (χ0) is 35.1. The molecule has 1 aromatic heterocycles. The van der Waals surface area contributed by atoms with Crippen LogP contribution in [0.2, 0.25) is 0 Å². The highest BCUT2D eigenvalue weighted by Gasteiger charge is 2.71. The summed E-state index contributed by atoms with van der Waals surface area (Å²) in [7, 11) is -4.43. The van der Waals surface area contributed by atoms with Gasteiger partial charge in [-0.2, -0.15) is 26.3 Å². The van der Waals surface area contributed by atoms with Gasteiger partial charge in [-0.3, -0.25) is 14.3 Å². The third-order valence-electron chi connectivity index (χ3n) is 9.36. The van der Waals surface area contributed by atoms with E-state index in [1.807, 2.05) is 4.72 Å². The van der Waals surface area contributed by atoms with Crippen LogP contribution >= 0.6 is 11.3 Å². The minimum absolute atomic E-state index is 0.0183. The molecule has 1 aromatic carbocycles. The second-order valence-corrected chi connectivity index (χ2v) is 16.0. The van der Waals surface area contributed by atoms with Gasteiger partial charge in [-0.25, -0.2) is 13.4 Å². The molecule has 0 aliphatic heterocycles. The zero-order valence-corrected chi connectivity index (χ0v) is 27.5. The number of sulfonamides is 1. The van der Waals surface area contributed by atoms with E-state index in [0.717, 1.165) is 37.0 Å². The van der Waals surface area contributed by atoms with Crippen LogP contribution in [0, 0.1) is 30.1 Å². The number of nitrogens with zero attached hydrogens (tertiary/aromatic N) is 1. The van der Waals surface area contributed by atoms with Crippen LogP contribution in [0.4, 0.5) is 37.2 Å². The van der Waals surface area contributed by atoms with Crippen LogP contribution in [0.15, 0.2) is 28.5 Å². The highest BCUT2D eigenvalue weighted by atomic mass is 32.2. The summed E-state index contributed by atoms with van der Waals surface area (Å²) in [6.07, 6.45) is -4.38. The number of hydrogen-bond donors (Lipinski definition) is 4. The topological polar surface area (TPSA) is 147 Å². The number of halogens is 6. The van der Waals surface area contributed by atoms with Gasteiger partial charge in [0.2, 0.25) is 11.8 Å². The van der Waals surface area contributed by atoms with Gasteiger partial charge in [0.1, 0.15) is 0 Å². The molecule has 0 saturated heterocycles. The Labute approximate surface area is 277 Å². The maximum Gasteiger partial charge on any atom is 0.430 e. The summed E-state index contributed by atoms with van der Waals surface area (Å²) in [6, 6.07) is 1.90. The lowest BCUT2D eigenvalue weighted by Crippen LogP contribution is -2.53. The van der Waals surface area contributed by atoms with Crippen LogP contribution in [0.1, 0.15) is 62.6 Å². The molecule has 4 saturated carbocycles. The molecule has 10 nitrogen and oxygen atoms in total. The highest BCUT2D eigenvalue weighted by Crippen LogP contribution is 2.61. The Morgan fingerprint density at radius 1 is 0.958 bits per heavy atom. The van der Waals surface area contributed by atoms with E-state index >= 15 is 0 Å².